The number of benzene rings is 2. The number of nitrogens with zero attached hydrogens (tertiary/aromatic N) is 1. The summed E-state index contributed by atoms with van der Waals surface area (Å²) in [6, 6.07) is 17.0. The smallest absolute Gasteiger partial charge is 0.322 e. The summed E-state index contributed by atoms with van der Waals surface area (Å²) in [5, 5.41) is 20.9. The van der Waals surface area contributed by atoms with Crippen LogP contribution in [0.2, 0.25) is 0 Å². The lowest BCUT2D eigenvalue weighted by Crippen LogP contribution is -2.39. The molecule has 2 rings (SSSR count). The molecule has 0 aliphatic carbocycles. The number of hydrogen-bond acceptors (Lipinski definition) is 3. The monoisotopic (exact) mass is 300 g/mol. The molecule has 0 aromatic heterocycles. The van der Waals surface area contributed by atoms with Crippen LogP contribution in [0.1, 0.15) is 0 Å². The predicted octanol–water partition coefficient (Wildman–Crippen LogP) is 2.17. The number of amides is 2. The highest BCUT2D eigenvalue weighted by Crippen LogP contribution is 2.27. The molecule has 0 fully saturated rings. The predicted molar refractivity (Wildman–Crippen MR) is 86.6 cm³/mol. The Hall–Kier alpha value is -2.37. The molecule has 5 nitrogen and oxygen atoms in total. The van der Waals surface area contributed by atoms with Crippen molar-refractivity contribution < 1.29 is 15.0 Å². The molecule has 0 atom stereocenters. The SMILES string of the molecule is O=C(Nc1ccccc1-c1ccccc1)N(CCO)CCO. The first-order chi connectivity index (χ1) is 10.8. The van der Waals surface area contributed by atoms with Crippen LogP contribution in [0.4, 0.5) is 10.5 Å². The maximum absolute atomic E-state index is 12.3. The lowest BCUT2D eigenvalue weighted by molar-refractivity contribution is 0.167. The first-order valence-electron chi connectivity index (χ1n) is 7.18. The molecule has 0 radical (unpaired) electrons. The van der Waals surface area contributed by atoms with Gasteiger partial charge in [0, 0.05) is 18.7 Å². The number of hydrogen-bond donors (Lipinski definition) is 3. The molecule has 0 bridgehead atoms. The van der Waals surface area contributed by atoms with Crippen LogP contribution in [0, 0.1) is 0 Å². The summed E-state index contributed by atoms with van der Waals surface area (Å²) in [4.78, 5) is 13.6. The van der Waals surface area contributed by atoms with Crippen molar-refractivity contribution in [3.8, 4) is 11.1 Å². The van der Waals surface area contributed by atoms with Crippen LogP contribution >= 0.6 is 0 Å². The minimum absolute atomic E-state index is 0.145. The fourth-order valence-electron chi connectivity index (χ4n) is 2.21. The third kappa shape index (κ3) is 4.07. The van der Waals surface area contributed by atoms with Crippen LogP contribution in [0.5, 0.6) is 0 Å². The molecule has 2 amide bonds. The van der Waals surface area contributed by atoms with E-state index in [1.54, 1.807) is 0 Å². The van der Waals surface area contributed by atoms with Crippen molar-refractivity contribution in [3.63, 3.8) is 0 Å². The van der Waals surface area contributed by atoms with E-state index in [0.717, 1.165) is 11.1 Å². The van der Waals surface area contributed by atoms with E-state index in [0.29, 0.717) is 5.69 Å². The van der Waals surface area contributed by atoms with Gasteiger partial charge in [-0.15, -0.1) is 0 Å². The average Bonchev–Trinajstić information content (AvgIpc) is 2.56. The normalized spacial score (nSPS) is 10.3. The second-order valence-corrected chi connectivity index (χ2v) is 4.78. The molecule has 2 aromatic carbocycles. The number of aliphatic hydroxyl groups is 2. The molecule has 0 unspecified atom stereocenters. The van der Waals surface area contributed by atoms with E-state index in [1.807, 2.05) is 54.6 Å². The van der Waals surface area contributed by atoms with Crippen LogP contribution in [-0.2, 0) is 0 Å². The maximum Gasteiger partial charge on any atom is 0.322 e. The van der Waals surface area contributed by atoms with Gasteiger partial charge < -0.3 is 20.4 Å². The minimum Gasteiger partial charge on any atom is -0.395 e. The first kappa shape index (κ1) is 16.0. The number of aliphatic hydroxyl groups excluding tert-OH is 2. The summed E-state index contributed by atoms with van der Waals surface area (Å²) >= 11 is 0. The fraction of sp³-hybridized carbons (Fsp3) is 0.235. The summed E-state index contributed by atoms with van der Waals surface area (Å²) in [6.07, 6.45) is 0. The highest BCUT2D eigenvalue weighted by molar-refractivity contribution is 5.94. The van der Waals surface area contributed by atoms with Crippen molar-refractivity contribution in [3.05, 3.63) is 54.6 Å². The Kier molecular flexibility index (Phi) is 5.94. The van der Waals surface area contributed by atoms with Gasteiger partial charge in [0.1, 0.15) is 0 Å². The summed E-state index contributed by atoms with van der Waals surface area (Å²) in [5.41, 5.74) is 2.62. The largest absolute Gasteiger partial charge is 0.395 e. The molecule has 2 aromatic rings. The van der Waals surface area contributed by atoms with Gasteiger partial charge >= 0.3 is 6.03 Å². The second-order valence-electron chi connectivity index (χ2n) is 4.78. The van der Waals surface area contributed by atoms with Crippen LogP contribution < -0.4 is 5.32 Å². The van der Waals surface area contributed by atoms with Crippen molar-refractivity contribution in [1.82, 2.24) is 4.90 Å². The van der Waals surface area contributed by atoms with Crippen molar-refractivity contribution >= 4 is 11.7 Å². The summed E-state index contributed by atoms with van der Waals surface area (Å²) in [5.74, 6) is 0. The zero-order valence-corrected chi connectivity index (χ0v) is 12.3. The summed E-state index contributed by atoms with van der Waals surface area (Å²) in [7, 11) is 0. The van der Waals surface area contributed by atoms with Gasteiger partial charge in [-0.05, 0) is 11.6 Å². The van der Waals surface area contributed by atoms with E-state index in [2.05, 4.69) is 5.32 Å². The summed E-state index contributed by atoms with van der Waals surface area (Å²) in [6.45, 7) is 0.0707. The first-order valence-corrected chi connectivity index (χ1v) is 7.18. The summed E-state index contributed by atoms with van der Waals surface area (Å²) < 4.78 is 0. The Labute approximate surface area is 129 Å². The van der Waals surface area contributed by atoms with Gasteiger partial charge in [0.2, 0.25) is 0 Å². The molecule has 0 saturated carbocycles. The van der Waals surface area contributed by atoms with Gasteiger partial charge in [-0.2, -0.15) is 0 Å². The third-order valence-corrected chi connectivity index (χ3v) is 3.28. The Balaban J connectivity index is 2.21. The maximum atomic E-state index is 12.3. The van der Waals surface area contributed by atoms with Crippen molar-refractivity contribution in [2.45, 2.75) is 0 Å². The highest BCUT2D eigenvalue weighted by Gasteiger charge is 2.14. The van der Waals surface area contributed by atoms with Gasteiger partial charge in [-0.3, -0.25) is 0 Å². The molecule has 0 spiro atoms. The van der Waals surface area contributed by atoms with Crippen LogP contribution in [0.25, 0.3) is 11.1 Å². The quantitative estimate of drug-likeness (QED) is 0.765. The minimum atomic E-state index is -0.341. The Bertz CT molecular complexity index is 596. The fourth-order valence-corrected chi connectivity index (χ4v) is 2.21. The van der Waals surface area contributed by atoms with E-state index >= 15 is 0 Å². The van der Waals surface area contributed by atoms with E-state index in [9.17, 15) is 4.79 Å². The number of anilines is 1. The van der Waals surface area contributed by atoms with Crippen LogP contribution in [0.3, 0.4) is 0 Å². The molecule has 0 saturated heterocycles. The molecule has 116 valence electrons. The van der Waals surface area contributed by atoms with E-state index < -0.39 is 0 Å². The number of nitrogens with one attached hydrogen (secondary N) is 1. The Morgan fingerprint density at radius 2 is 1.50 bits per heavy atom. The van der Waals surface area contributed by atoms with Crippen molar-refractivity contribution in [1.29, 1.82) is 0 Å². The molecular formula is C17H20N2O3. The molecule has 0 aliphatic heterocycles. The van der Waals surface area contributed by atoms with Gasteiger partial charge in [0.25, 0.3) is 0 Å². The molecular weight excluding hydrogens is 280 g/mol. The number of para-hydroxylation sites is 1. The van der Waals surface area contributed by atoms with Crippen LogP contribution in [-0.4, -0.2) is 47.4 Å². The van der Waals surface area contributed by atoms with Crippen molar-refractivity contribution in [2.24, 2.45) is 0 Å². The molecule has 0 heterocycles. The molecule has 22 heavy (non-hydrogen) atoms. The topological polar surface area (TPSA) is 72.8 Å². The van der Waals surface area contributed by atoms with E-state index in [1.165, 1.54) is 4.90 Å². The Morgan fingerprint density at radius 1 is 0.909 bits per heavy atom. The van der Waals surface area contributed by atoms with Gasteiger partial charge in [-0.1, -0.05) is 48.5 Å². The lowest BCUT2D eigenvalue weighted by atomic mass is 10.0. The zero-order valence-electron chi connectivity index (χ0n) is 12.3. The van der Waals surface area contributed by atoms with Gasteiger partial charge in [0.05, 0.1) is 18.9 Å². The van der Waals surface area contributed by atoms with E-state index in [4.69, 9.17) is 10.2 Å². The number of urea groups is 1. The highest BCUT2D eigenvalue weighted by atomic mass is 16.3. The van der Waals surface area contributed by atoms with Crippen molar-refractivity contribution in [2.75, 3.05) is 31.6 Å². The van der Waals surface area contributed by atoms with Gasteiger partial charge in [0.15, 0.2) is 0 Å². The second kappa shape index (κ2) is 8.17. The van der Waals surface area contributed by atoms with Gasteiger partial charge in [-0.25, -0.2) is 4.79 Å². The van der Waals surface area contributed by atoms with E-state index in [-0.39, 0.29) is 32.3 Å². The molecule has 5 heteroatoms. The third-order valence-electron chi connectivity index (χ3n) is 3.28. The number of carbonyl (C=O) groups is 1. The lowest BCUT2D eigenvalue weighted by Gasteiger charge is -2.22. The number of rotatable bonds is 6. The zero-order chi connectivity index (χ0) is 15.8. The standard InChI is InChI=1S/C17H20N2O3/c20-12-10-19(11-13-21)17(22)18-16-9-5-4-8-15(16)14-6-2-1-3-7-14/h1-9,20-21H,10-13H2,(H,18,22). The Morgan fingerprint density at radius 3 is 2.14 bits per heavy atom. The molecule has 3 N–H and O–H groups in total. The molecule has 0 aliphatic rings. The van der Waals surface area contributed by atoms with Crippen LogP contribution in [0.15, 0.2) is 54.6 Å². The number of carbonyl (C=O) groups excluding carboxylic acids is 1. The average molecular weight is 300 g/mol.